The molecule has 0 saturated heterocycles. The highest BCUT2D eigenvalue weighted by Crippen LogP contribution is 2.50. The third-order valence-electron chi connectivity index (χ3n) is 5.06. The molecule has 1 aliphatic rings. The van der Waals surface area contributed by atoms with Crippen molar-refractivity contribution in [2.75, 3.05) is 0 Å². The molecule has 0 aromatic heterocycles. The number of nitrogens with zero attached hydrogens (tertiary/aromatic N) is 2. The summed E-state index contributed by atoms with van der Waals surface area (Å²) in [6, 6.07) is 9.00. The Bertz CT molecular complexity index is 1310. The molecule has 1 heterocycles. The van der Waals surface area contributed by atoms with Crippen LogP contribution in [-0.4, -0.2) is 22.6 Å². The van der Waals surface area contributed by atoms with Crippen LogP contribution >= 0.6 is 35.0 Å². The van der Waals surface area contributed by atoms with Crippen LogP contribution in [0.4, 0.5) is 4.39 Å². The number of amidine groups is 1. The number of carbonyl (C=O) groups is 1. The van der Waals surface area contributed by atoms with E-state index in [0.717, 1.165) is 16.0 Å². The average Bonchev–Trinajstić information content (AvgIpc) is 2.76. The largest absolute Gasteiger partial charge is 0.476 e. The van der Waals surface area contributed by atoms with Crippen molar-refractivity contribution >= 4 is 63.8 Å². The molecule has 0 spiro atoms. The van der Waals surface area contributed by atoms with E-state index in [-0.39, 0.29) is 33.6 Å². The Morgan fingerprint density at radius 2 is 2.00 bits per heavy atom. The summed E-state index contributed by atoms with van der Waals surface area (Å²) in [4.78, 5) is 22.0. The quantitative estimate of drug-likeness (QED) is 0.326. The van der Waals surface area contributed by atoms with Gasteiger partial charge in [-0.3, -0.25) is 0 Å². The number of aliphatic imine (C=N–C) groups is 2. The molecular weight excluding hydrogens is 496 g/mol. The van der Waals surface area contributed by atoms with E-state index < -0.39 is 11.8 Å². The van der Waals surface area contributed by atoms with Gasteiger partial charge in [0.05, 0.1) is 15.7 Å². The van der Waals surface area contributed by atoms with Crippen LogP contribution in [0.1, 0.15) is 42.7 Å². The summed E-state index contributed by atoms with van der Waals surface area (Å²) in [6.45, 7) is 9.20. The molecular formula is C25H22Cl2FN3O2S. The minimum absolute atomic E-state index is 0.0489. The minimum atomic E-state index is -1.34. The SMILES string of the molecule is C=CC(=NC1=C(C)SC(C)c2c1ccc(Cl)c2Cl)N=C(C(=O)O)C(=C(C)N)c1cccc(F)c1. The summed E-state index contributed by atoms with van der Waals surface area (Å²) in [5, 5.41) is 10.9. The van der Waals surface area contributed by atoms with Crippen LogP contribution in [0.25, 0.3) is 11.3 Å². The van der Waals surface area contributed by atoms with E-state index in [2.05, 4.69) is 16.6 Å². The number of aliphatic carboxylic acids is 1. The summed E-state index contributed by atoms with van der Waals surface area (Å²) < 4.78 is 13.9. The van der Waals surface area contributed by atoms with E-state index in [1.165, 1.54) is 31.2 Å². The summed E-state index contributed by atoms with van der Waals surface area (Å²) in [5.74, 6) is -1.82. The molecule has 3 N–H and O–H groups in total. The number of carboxylic acids is 1. The second kappa shape index (κ2) is 10.6. The number of hydrogen-bond acceptors (Lipinski definition) is 4. The number of allylic oxidation sites excluding steroid dienone is 2. The van der Waals surface area contributed by atoms with Crippen LogP contribution < -0.4 is 5.73 Å². The van der Waals surface area contributed by atoms with E-state index in [1.807, 2.05) is 19.9 Å². The Morgan fingerprint density at radius 1 is 1.29 bits per heavy atom. The fourth-order valence-corrected chi connectivity index (χ4v) is 5.35. The molecule has 0 aliphatic carbocycles. The maximum Gasteiger partial charge on any atom is 0.355 e. The molecule has 2 aromatic carbocycles. The van der Waals surface area contributed by atoms with Crippen molar-refractivity contribution in [3.63, 3.8) is 0 Å². The van der Waals surface area contributed by atoms with E-state index in [4.69, 9.17) is 28.9 Å². The molecule has 0 fully saturated rings. The van der Waals surface area contributed by atoms with Gasteiger partial charge in [0, 0.05) is 27.0 Å². The zero-order valence-corrected chi connectivity index (χ0v) is 21.0. The van der Waals surface area contributed by atoms with Crippen molar-refractivity contribution in [1.29, 1.82) is 0 Å². The van der Waals surface area contributed by atoms with Gasteiger partial charge in [-0.15, -0.1) is 11.8 Å². The molecule has 1 atom stereocenters. The minimum Gasteiger partial charge on any atom is -0.476 e. The molecule has 176 valence electrons. The van der Waals surface area contributed by atoms with Gasteiger partial charge in [0.15, 0.2) is 11.5 Å². The lowest BCUT2D eigenvalue weighted by Gasteiger charge is -2.25. The van der Waals surface area contributed by atoms with Gasteiger partial charge in [0.25, 0.3) is 0 Å². The Kier molecular flexibility index (Phi) is 8.02. The van der Waals surface area contributed by atoms with Crippen molar-refractivity contribution in [3.05, 3.63) is 92.2 Å². The monoisotopic (exact) mass is 517 g/mol. The highest BCUT2D eigenvalue weighted by Gasteiger charge is 2.27. The van der Waals surface area contributed by atoms with Crippen molar-refractivity contribution in [2.24, 2.45) is 15.7 Å². The fraction of sp³-hybridized carbons (Fsp3) is 0.160. The van der Waals surface area contributed by atoms with Crippen molar-refractivity contribution in [2.45, 2.75) is 26.0 Å². The highest BCUT2D eigenvalue weighted by molar-refractivity contribution is 8.03. The smallest absolute Gasteiger partial charge is 0.355 e. The molecule has 9 heteroatoms. The Hall–Kier alpha value is -2.87. The Balaban J connectivity index is 2.20. The van der Waals surface area contributed by atoms with Gasteiger partial charge in [0.1, 0.15) is 5.82 Å². The van der Waals surface area contributed by atoms with E-state index in [9.17, 15) is 14.3 Å². The number of hydrogen-bond donors (Lipinski definition) is 2. The number of thioether (sulfide) groups is 1. The van der Waals surface area contributed by atoms with Crippen LogP contribution in [0.3, 0.4) is 0 Å². The number of fused-ring (bicyclic) bond motifs is 1. The van der Waals surface area contributed by atoms with Crippen molar-refractivity contribution in [1.82, 2.24) is 0 Å². The lowest BCUT2D eigenvalue weighted by atomic mass is 9.99. The maximum absolute atomic E-state index is 13.9. The fourth-order valence-electron chi connectivity index (χ4n) is 3.63. The Morgan fingerprint density at radius 3 is 2.59 bits per heavy atom. The van der Waals surface area contributed by atoms with Gasteiger partial charge < -0.3 is 10.8 Å². The molecule has 5 nitrogen and oxygen atoms in total. The number of benzene rings is 2. The third kappa shape index (κ3) is 5.27. The van der Waals surface area contributed by atoms with Crippen LogP contribution in [0.5, 0.6) is 0 Å². The zero-order valence-electron chi connectivity index (χ0n) is 18.7. The standard InChI is InChI=1S/C25H22Cl2FN3O2S/c1-5-19(30-23-14(4)34-13(3)21-17(23)9-10-18(26)22(21)27)31-24(25(32)33)20(12(2)29)15-7-6-8-16(28)11-15/h5-11,13H,1,29H2,2-4H3,(H,32,33). The first kappa shape index (κ1) is 25.7. The van der Waals surface area contributed by atoms with Crippen LogP contribution in [0.15, 0.2) is 69.6 Å². The van der Waals surface area contributed by atoms with Gasteiger partial charge in [-0.05, 0) is 56.2 Å². The van der Waals surface area contributed by atoms with Gasteiger partial charge in [-0.2, -0.15) is 0 Å². The predicted octanol–water partition coefficient (Wildman–Crippen LogP) is 7.13. The van der Waals surface area contributed by atoms with E-state index >= 15 is 0 Å². The highest BCUT2D eigenvalue weighted by atomic mass is 35.5. The van der Waals surface area contributed by atoms with E-state index in [1.54, 1.807) is 23.9 Å². The second-order valence-electron chi connectivity index (χ2n) is 7.50. The van der Waals surface area contributed by atoms with Gasteiger partial charge in [-0.1, -0.05) is 48.0 Å². The zero-order chi connectivity index (χ0) is 25.2. The lowest BCUT2D eigenvalue weighted by molar-refractivity contribution is -0.129. The first-order valence-corrected chi connectivity index (χ1v) is 11.8. The van der Waals surface area contributed by atoms with Gasteiger partial charge in [-0.25, -0.2) is 19.2 Å². The normalized spacial score (nSPS) is 17.3. The molecule has 0 amide bonds. The summed E-state index contributed by atoms with van der Waals surface area (Å²) >= 11 is 14.3. The maximum atomic E-state index is 13.9. The number of carboxylic acid groups (broad SMARTS) is 1. The topological polar surface area (TPSA) is 88.0 Å². The summed E-state index contributed by atoms with van der Waals surface area (Å²) in [6.07, 6.45) is 1.35. The third-order valence-corrected chi connectivity index (χ3v) is 7.02. The molecule has 1 unspecified atom stereocenters. The van der Waals surface area contributed by atoms with Crippen LogP contribution in [0.2, 0.25) is 10.0 Å². The summed E-state index contributed by atoms with van der Waals surface area (Å²) in [7, 11) is 0. The van der Waals surface area contributed by atoms with Gasteiger partial charge >= 0.3 is 5.97 Å². The first-order valence-electron chi connectivity index (χ1n) is 10.2. The van der Waals surface area contributed by atoms with E-state index in [0.29, 0.717) is 15.7 Å². The lowest BCUT2D eigenvalue weighted by Crippen LogP contribution is -2.20. The molecule has 34 heavy (non-hydrogen) atoms. The molecule has 0 saturated carbocycles. The van der Waals surface area contributed by atoms with Crippen molar-refractivity contribution < 1.29 is 14.3 Å². The number of halogens is 3. The first-order chi connectivity index (χ1) is 16.0. The molecule has 0 radical (unpaired) electrons. The van der Waals surface area contributed by atoms with Crippen molar-refractivity contribution in [3.8, 4) is 0 Å². The van der Waals surface area contributed by atoms with Crippen LogP contribution in [-0.2, 0) is 4.79 Å². The second-order valence-corrected chi connectivity index (χ2v) is 9.84. The predicted molar refractivity (Wildman–Crippen MR) is 141 cm³/mol. The van der Waals surface area contributed by atoms with Gasteiger partial charge in [0.2, 0.25) is 0 Å². The molecule has 2 aromatic rings. The molecule has 3 rings (SSSR count). The Labute approximate surface area is 211 Å². The molecule has 1 aliphatic heterocycles. The summed E-state index contributed by atoms with van der Waals surface area (Å²) in [5.41, 5.74) is 8.36. The number of rotatable bonds is 5. The van der Waals surface area contributed by atoms with Crippen LogP contribution in [0, 0.1) is 5.82 Å². The number of nitrogens with two attached hydrogens (primary N) is 1. The molecule has 0 bridgehead atoms. The average molecular weight is 518 g/mol.